The Morgan fingerprint density at radius 1 is 1.21 bits per heavy atom. The number of carbonyl (C=O) groups is 1. The fraction of sp³-hybridized carbons (Fsp3) is 0.286. The summed E-state index contributed by atoms with van der Waals surface area (Å²) in [5, 5.41) is 0. The number of amides is 1. The van der Waals surface area contributed by atoms with Crippen LogP contribution in [0.1, 0.15) is 43.4 Å². The maximum atomic E-state index is 12.2. The van der Waals surface area contributed by atoms with Crippen molar-refractivity contribution in [3.8, 4) is 5.75 Å². The van der Waals surface area contributed by atoms with Gasteiger partial charge < -0.3 is 10.5 Å². The molecule has 0 aliphatic rings. The normalized spacial score (nSPS) is 12.5. The molecule has 0 aliphatic heterocycles. The van der Waals surface area contributed by atoms with Gasteiger partial charge >= 0.3 is 0 Å². The molecule has 1 amide bonds. The molecule has 0 spiro atoms. The van der Waals surface area contributed by atoms with Gasteiger partial charge in [0.25, 0.3) is 0 Å². The maximum Gasteiger partial charge on any atom is 0.229 e. The molecule has 0 heterocycles. The van der Waals surface area contributed by atoms with Gasteiger partial charge in [-0.1, -0.05) is 75.9 Å². The maximum absolute atomic E-state index is 12.2. The Balaban J connectivity index is 2.61. The van der Waals surface area contributed by atoms with E-state index in [1.807, 2.05) is 48.5 Å². The standard InChI is InChI=1S/C21H25NO2/c1-5-13-24-18-12-11-16(21(2,3)4)14-17(18)19(20(22)23)15-9-7-6-8-10-15/h5-12,14,19H,1,13H2,2-4H3,(H2,22,23). The third-order valence-electron chi connectivity index (χ3n) is 3.96. The summed E-state index contributed by atoms with van der Waals surface area (Å²) >= 11 is 0. The number of nitrogens with two attached hydrogens (primary N) is 1. The highest BCUT2D eigenvalue weighted by atomic mass is 16.5. The third kappa shape index (κ3) is 4.05. The van der Waals surface area contributed by atoms with Gasteiger partial charge in [0.05, 0.1) is 5.92 Å². The lowest BCUT2D eigenvalue weighted by atomic mass is 9.82. The molecule has 24 heavy (non-hydrogen) atoms. The largest absolute Gasteiger partial charge is 0.489 e. The highest BCUT2D eigenvalue weighted by Gasteiger charge is 2.26. The molecule has 0 bridgehead atoms. The van der Waals surface area contributed by atoms with Gasteiger partial charge in [-0.2, -0.15) is 0 Å². The minimum Gasteiger partial charge on any atom is -0.489 e. The first kappa shape index (κ1) is 17.8. The molecular formula is C21H25NO2. The SMILES string of the molecule is C=CCOc1ccc(C(C)(C)C)cc1C(C(N)=O)c1ccccc1. The average molecular weight is 323 g/mol. The zero-order valence-electron chi connectivity index (χ0n) is 14.6. The number of benzene rings is 2. The van der Waals surface area contributed by atoms with E-state index in [4.69, 9.17) is 10.5 Å². The molecule has 126 valence electrons. The molecule has 2 N–H and O–H groups in total. The number of hydrogen-bond donors (Lipinski definition) is 1. The molecular weight excluding hydrogens is 298 g/mol. The van der Waals surface area contributed by atoms with Crippen LogP contribution in [0.3, 0.4) is 0 Å². The number of carbonyl (C=O) groups excluding carboxylic acids is 1. The van der Waals surface area contributed by atoms with Gasteiger partial charge in [-0.25, -0.2) is 0 Å². The van der Waals surface area contributed by atoms with Crippen molar-refractivity contribution in [3.05, 3.63) is 77.9 Å². The predicted molar refractivity (Wildman–Crippen MR) is 98.3 cm³/mol. The van der Waals surface area contributed by atoms with E-state index in [1.54, 1.807) is 6.08 Å². The van der Waals surface area contributed by atoms with E-state index in [0.29, 0.717) is 12.4 Å². The van der Waals surface area contributed by atoms with Crippen LogP contribution in [-0.2, 0) is 10.2 Å². The molecule has 0 saturated heterocycles. The molecule has 1 unspecified atom stereocenters. The number of primary amides is 1. The van der Waals surface area contributed by atoms with E-state index in [9.17, 15) is 4.79 Å². The fourth-order valence-corrected chi connectivity index (χ4v) is 2.66. The van der Waals surface area contributed by atoms with E-state index >= 15 is 0 Å². The van der Waals surface area contributed by atoms with Crippen LogP contribution < -0.4 is 10.5 Å². The molecule has 3 nitrogen and oxygen atoms in total. The van der Waals surface area contributed by atoms with Crippen molar-refractivity contribution in [1.82, 2.24) is 0 Å². The van der Waals surface area contributed by atoms with E-state index in [1.165, 1.54) is 0 Å². The predicted octanol–water partition coefficient (Wildman–Crippen LogP) is 4.17. The molecule has 2 rings (SSSR count). The fourth-order valence-electron chi connectivity index (χ4n) is 2.66. The Labute approximate surface area is 144 Å². The smallest absolute Gasteiger partial charge is 0.229 e. The summed E-state index contributed by atoms with van der Waals surface area (Å²) in [6, 6.07) is 15.5. The Morgan fingerprint density at radius 2 is 1.88 bits per heavy atom. The Hall–Kier alpha value is -2.55. The Morgan fingerprint density at radius 3 is 2.42 bits per heavy atom. The lowest BCUT2D eigenvalue weighted by Gasteiger charge is -2.24. The van der Waals surface area contributed by atoms with Crippen molar-refractivity contribution in [3.63, 3.8) is 0 Å². The molecule has 0 saturated carbocycles. The molecule has 0 aromatic heterocycles. The topological polar surface area (TPSA) is 52.3 Å². The Kier molecular flexibility index (Phi) is 5.45. The van der Waals surface area contributed by atoms with Crippen LogP contribution in [0.4, 0.5) is 0 Å². The summed E-state index contributed by atoms with van der Waals surface area (Å²) in [5.74, 6) is -0.278. The monoisotopic (exact) mass is 323 g/mol. The first-order valence-electron chi connectivity index (χ1n) is 8.07. The molecule has 0 fully saturated rings. The van der Waals surface area contributed by atoms with Crippen LogP contribution in [0.25, 0.3) is 0 Å². The summed E-state index contributed by atoms with van der Waals surface area (Å²) < 4.78 is 5.78. The van der Waals surface area contributed by atoms with Crippen molar-refractivity contribution in [2.45, 2.75) is 32.1 Å². The first-order valence-corrected chi connectivity index (χ1v) is 8.07. The minimum atomic E-state index is -0.548. The highest BCUT2D eigenvalue weighted by molar-refractivity contribution is 5.86. The van der Waals surface area contributed by atoms with E-state index in [-0.39, 0.29) is 5.41 Å². The summed E-state index contributed by atoms with van der Waals surface area (Å²) in [6.07, 6.45) is 1.68. The number of hydrogen-bond acceptors (Lipinski definition) is 2. The first-order chi connectivity index (χ1) is 11.3. The molecule has 3 heteroatoms. The van der Waals surface area contributed by atoms with Gasteiger partial charge in [-0.05, 0) is 22.6 Å². The van der Waals surface area contributed by atoms with Crippen LogP contribution >= 0.6 is 0 Å². The van der Waals surface area contributed by atoms with Crippen molar-refractivity contribution in [2.75, 3.05) is 6.61 Å². The number of ether oxygens (including phenoxy) is 1. The quantitative estimate of drug-likeness (QED) is 0.811. The highest BCUT2D eigenvalue weighted by Crippen LogP contribution is 2.35. The van der Waals surface area contributed by atoms with Gasteiger partial charge in [0, 0.05) is 5.56 Å². The molecule has 2 aromatic rings. The average Bonchev–Trinajstić information content (AvgIpc) is 2.53. The summed E-state index contributed by atoms with van der Waals surface area (Å²) in [7, 11) is 0. The number of rotatable bonds is 6. The van der Waals surface area contributed by atoms with Gasteiger partial charge in [-0.15, -0.1) is 0 Å². The van der Waals surface area contributed by atoms with Crippen LogP contribution in [0.5, 0.6) is 5.75 Å². The lowest BCUT2D eigenvalue weighted by Crippen LogP contribution is -2.24. The third-order valence-corrected chi connectivity index (χ3v) is 3.96. The van der Waals surface area contributed by atoms with E-state index in [0.717, 1.165) is 16.7 Å². The van der Waals surface area contributed by atoms with Crippen LogP contribution in [0.15, 0.2) is 61.2 Å². The van der Waals surface area contributed by atoms with Gasteiger partial charge in [-0.3, -0.25) is 4.79 Å². The minimum absolute atomic E-state index is 0.0371. The van der Waals surface area contributed by atoms with Crippen LogP contribution in [0.2, 0.25) is 0 Å². The van der Waals surface area contributed by atoms with Gasteiger partial charge in [0.1, 0.15) is 12.4 Å². The van der Waals surface area contributed by atoms with Crippen LogP contribution in [-0.4, -0.2) is 12.5 Å². The van der Waals surface area contributed by atoms with Crippen molar-refractivity contribution in [1.29, 1.82) is 0 Å². The van der Waals surface area contributed by atoms with Crippen LogP contribution in [0, 0.1) is 0 Å². The molecule has 2 aromatic carbocycles. The Bertz CT molecular complexity index is 714. The summed E-state index contributed by atoms with van der Waals surface area (Å²) in [4.78, 5) is 12.2. The molecule has 0 radical (unpaired) electrons. The molecule has 1 atom stereocenters. The second-order valence-corrected chi connectivity index (χ2v) is 6.85. The van der Waals surface area contributed by atoms with Crippen molar-refractivity contribution in [2.24, 2.45) is 5.73 Å². The zero-order chi connectivity index (χ0) is 17.7. The van der Waals surface area contributed by atoms with E-state index in [2.05, 4.69) is 27.4 Å². The molecule has 0 aliphatic carbocycles. The lowest BCUT2D eigenvalue weighted by molar-refractivity contribution is -0.118. The van der Waals surface area contributed by atoms with Gasteiger partial charge in [0.2, 0.25) is 5.91 Å². The zero-order valence-corrected chi connectivity index (χ0v) is 14.6. The van der Waals surface area contributed by atoms with E-state index < -0.39 is 11.8 Å². The van der Waals surface area contributed by atoms with Crippen molar-refractivity contribution < 1.29 is 9.53 Å². The van der Waals surface area contributed by atoms with Crippen molar-refractivity contribution >= 4 is 5.91 Å². The summed E-state index contributed by atoms with van der Waals surface area (Å²) in [6.45, 7) is 10.5. The summed E-state index contributed by atoms with van der Waals surface area (Å²) in [5.41, 5.74) is 8.49. The second kappa shape index (κ2) is 7.35. The van der Waals surface area contributed by atoms with Gasteiger partial charge in [0.15, 0.2) is 0 Å². The second-order valence-electron chi connectivity index (χ2n) is 6.85.